The summed E-state index contributed by atoms with van der Waals surface area (Å²) in [4.78, 5) is 14.5. The molecule has 0 saturated carbocycles. The molecule has 16 heavy (non-hydrogen) atoms. The van der Waals surface area contributed by atoms with E-state index in [0.29, 0.717) is 5.65 Å². The largest absolute Gasteiger partial charge is 0.346 e. The van der Waals surface area contributed by atoms with Crippen LogP contribution in [-0.2, 0) is 0 Å². The van der Waals surface area contributed by atoms with Crippen LogP contribution in [0.5, 0.6) is 0 Å². The van der Waals surface area contributed by atoms with Crippen molar-refractivity contribution in [1.82, 2.24) is 14.6 Å². The van der Waals surface area contributed by atoms with Crippen molar-refractivity contribution in [2.24, 2.45) is 0 Å². The summed E-state index contributed by atoms with van der Waals surface area (Å²) in [5.41, 5.74) is 2.36. The monoisotopic (exact) mass is 211 g/mol. The number of nitrogens with one attached hydrogen (secondary N) is 1. The fourth-order valence-electron chi connectivity index (χ4n) is 1.67. The van der Waals surface area contributed by atoms with Crippen LogP contribution in [0.15, 0.2) is 53.5 Å². The summed E-state index contributed by atoms with van der Waals surface area (Å²) in [5.74, 6) is 0. The summed E-state index contributed by atoms with van der Waals surface area (Å²) in [7, 11) is 0. The normalized spacial score (nSPS) is 10.8. The zero-order valence-corrected chi connectivity index (χ0v) is 8.42. The first-order valence-corrected chi connectivity index (χ1v) is 4.97. The number of rotatable bonds is 1. The number of hydrogen-bond donors (Lipinski definition) is 1. The summed E-state index contributed by atoms with van der Waals surface area (Å²) >= 11 is 0. The van der Waals surface area contributed by atoms with Gasteiger partial charge in [-0.3, -0.25) is 4.79 Å². The maximum Gasteiger partial charge on any atom is 0.274 e. The Kier molecular flexibility index (Phi) is 1.86. The average Bonchev–Trinajstić information content (AvgIpc) is 2.76. The van der Waals surface area contributed by atoms with Crippen LogP contribution in [0.1, 0.15) is 0 Å². The Morgan fingerprint density at radius 2 is 1.94 bits per heavy atom. The molecule has 0 saturated heterocycles. The molecule has 0 aliphatic heterocycles. The molecule has 0 amide bonds. The first-order valence-electron chi connectivity index (χ1n) is 4.97. The molecule has 4 heteroatoms. The average molecular weight is 211 g/mol. The third kappa shape index (κ3) is 1.32. The standard InChI is InChI=1S/C12H9N3O/c16-12-6-7-13-11-8-10(14-15(11)12)9-4-2-1-3-5-9/h1-8,13H. The van der Waals surface area contributed by atoms with Gasteiger partial charge in [0.15, 0.2) is 0 Å². The van der Waals surface area contributed by atoms with Gasteiger partial charge in [0.05, 0.1) is 5.69 Å². The maximum atomic E-state index is 11.5. The lowest BCUT2D eigenvalue weighted by atomic mass is 10.2. The molecule has 0 radical (unpaired) electrons. The van der Waals surface area contributed by atoms with Crippen molar-refractivity contribution in [2.45, 2.75) is 0 Å². The molecule has 1 aromatic carbocycles. The van der Waals surface area contributed by atoms with E-state index in [4.69, 9.17) is 0 Å². The van der Waals surface area contributed by atoms with Crippen LogP contribution < -0.4 is 5.56 Å². The zero-order valence-electron chi connectivity index (χ0n) is 8.42. The molecule has 0 spiro atoms. The third-order valence-electron chi connectivity index (χ3n) is 2.44. The highest BCUT2D eigenvalue weighted by Crippen LogP contribution is 2.16. The van der Waals surface area contributed by atoms with Gasteiger partial charge in [-0.25, -0.2) is 0 Å². The fraction of sp³-hybridized carbons (Fsp3) is 0. The number of fused-ring (bicyclic) bond motifs is 1. The lowest BCUT2D eigenvalue weighted by Gasteiger charge is -1.92. The van der Waals surface area contributed by atoms with Crippen LogP contribution in [0.4, 0.5) is 0 Å². The Hall–Kier alpha value is -2.36. The highest BCUT2D eigenvalue weighted by Gasteiger charge is 2.04. The highest BCUT2D eigenvalue weighted by atomic mass is 16.1. The fourth-order valence-corrected chi connectivity index (χ4v) is 1.67. The molecule has 3 aromatic rings. The molecule has 0 bridgehead atoms. The molecule has 0 aliphatic carbocycles. The number of H-pyrrole nitrogens is 1. The van der Waals surface area contributed by atoms with E-state index in [2.05, 4.69) is 10.1 Å². The summed E-state index contributed by atoms with van der Waals surface area (Å²) in [5, 5.41) is 4.26. The van der Waals surface area contributed by atoms with E-state index < -0.39 is 0 Å². The van der Waals surface area contributed by atoms with Gasteiger partial charge in [-0.15, -0.1) is 0 Å². The van der Waals surface area contributed by atoms with E-state index in [-0.39, 0.29) is 5.56 Å². The Labute approximate surface area is 91.2 Å². The van der Waals surface area contributed by atoms with Crippen molar-refractivity contribution in [3.05, 3.63) is 59.0 Å². The molecular formula is C12H9N3O. The molecule has 0 aliphatic rings. The van der Waals surface area contributed by atoms with E-state index in [0.717, 1.165) is 11.3 Å². The highest BCUT2D eigenvalue weighted by molar-refractivity contribution is 5.63. The van der Waals surface area contributed by atoms with Crippen molar-refractivity contribution in [3.8, 4) is 11.3 Å². The van der Waals surface area contributed by atoms with E-state index in [1.165, 1.54) is 10.6 Å². The van der Waals surface area contributed by atoms with Crippen molar-refractivity contribution >= 4 is 5.65 Å². The minimum atomic E-state index is -0.129. The predicted molar refractivity (Wildman–Crippen MR) is 61.2 cm³/mol. The summed E-state index contributed by atoms with van der Waals surface area (Å²) in [6.07, 6.45) is 1.62. The van der Waals surface area contributed by atoms with Gasteiger partial charge in [0.25, 0.3) is 5.56 Å². The number of hydrogen-bond acceptors (Lipinski definition) is 2. The van der Waals surface area contributed by atoms with Gasteiger partial charge < -0.3 is 4.98 Å². The molecule has 78 valence electrons. The summed E-state index contributed by atoms with van der Waals surface area (Å²) < 4.78 is 1.36. The second kappa shape index (κ2) is 3.34. The van der Waals surface area contributed by atoms with Gasteiger partial charge in [-0.2, -0.15) is 9.61 Å². The molecule has 0 atom stereocenters. The van der Waals surface area contributed by atoms with Crippen LogP contribution in [0, 0.1) is 0 Å². The van der Waals surface area contributed by atoms with Crippen LogP contribution in [-0.4, -0.2) is 14.6 Å². The van der Waals surface area contributed by atoms with E-state index in [1.54, 1.807) is 6.20 Å². The smallest absolute Gasteiger partial charge is 0.274 e. The van der Waals surface area contributed by atoms with Gasteiger partial charge in [-0.05, 0) is 0 Å². The molecule has 0 unspecified atom stereocenters. The molecule has 2 heterocycles. The Morgan fingerprint density at radius 3 is 2.69 bits per heavy atom. The molecule has 0 fully saturated rings. The lowest BCUT2D eigenvalue weighted by molar-refractivity contribution is 0.903. The predicted octanol–water partition coefficient (Wildman–Crippen LogP) is 1.69. The zero-order chi connectivity index (χ0) is 11.0. The van der Waals surface area contributed by atoms with Crippen LogP contribution in [0.3, 0.4) is 0 Å². The number of aromatic amines is 1. The van der Waals surface area contributed by atoms with E-state index in [9.17, 15) is 4.79 Å². The first-order chi connectivity index (χ1) is 7.84. The second-order valence-electron chi connectivity index (χ2n) is 3.51. The minimum absolute atomic E-state index is 0.129. The lowest BCUT2D eigenvalue weighted by Crippen LogP contribution is -2.12. The van der Waals surface area contributed by atoms with Crippen molar-refractivity contribution in [3.63, 3.8) is 0 Å². The van der Waals surface area contributed by atoms with Gasteiger partial charge >= 0.3 is 0 Å². The molecule has 1 N–H and O–H groups in total. The van der Waals surface area contributed by atoms with Crippen LogP contribution >= 0.6 is 0 Å². The maximum absolute atomic E-state index is 11.5. The van der Waals surface area contributed by atoms with Crippen LogP contribution in [0.25, 0.3) is 16.9 Å². The van der Waals surface area contributed by atoms with E-state index in [1.807, 2.05) is 36.4 Å². The number of nitrogens with zero attached hydrogens (tertiary/aromatic N) is 2. The quantitative estimate of drug-likeness (QED) is 0.665. The first kappa shape index (κ1) is 8.91. The summed E-state index contributed by atoms with van der Waals surface area (Å²) in [6.45, 7) is 0. The number of benzene rings is 1. The van der Waals surface area contributed by atoms with E-state index >= 15 is 0 Å². The van der Waals surface area contributed by atoms with Gasteiger partial charge in [-0.1, -0.05) is 30.3 Å². The third-order valence-corrected chi connectivity index (χ3v) is 2.44. The topological polar surface area (TPSA) is 50.2 Å². The van der Waals surface area contributed by atoms with Crippen LogP contribution in [0.2, 0.25) is 0 Å². The van der Waals surface area contributed by atoms with Crippen molar-refractivity contribution in [2.75, 3.05) is 0 Å². The Balaban J connectivity index is 2.28. The Morgan fingerprint density at radius 1 is 1.12 bits per heavy atom. The second-order valence-corrected chi connectivity index (χ2v) is 3.51. The van der Waals surface area contributed by atoms with Gasteiger partial charge in [0.1, 0.15) is 5.65 Å². The molecular weight excluding hydrogens is 202 g/mol. The van der Waals surface area contributed by atoms with Crippen molar-refractivity contribution in [1.29, 1.82) is 0 Å². The minimum Gasteiger partial charge on any atom is -0.346 e. The van der Waals surface area contributed by atoms with Crippen molar-refractivity contribution < 1.29 is 0 Å². The van der Waals surface area contributed by atoms with Gasteiger partial charge in [0.2, 0.25) is 0 Å². The molecule has 4 nitrogen and oxygen atoms in total. The Bertz CT molecular complexity index is 682. The van der Waals surface area contributed by atoms with Gasteiger partial charge in [0, 0.05) is 23.9 Å². The summed E-state index contributed by atoms with van der Waals surface area (Å²) in [6, 6.07) is 13.1. The number of aromatic nitrogens is 3. The molecule has 3 rings (SSSR count). The molecule has 2 aromatic heterocycles. The SMILES string of the molecule is O=c1cc[nH]c2cc(-c3ccccc3)nn12.